The van der Waals surface area contributed by atoms with Gasteiger partial charge in [0.25, 0.3) is 0 Å². The van der Waals surface area contributed by atoms with Gasteiger partial charge in [-0.1, -0.05) is 19.3 Å². The van der Waals surface area contributed by atoms with Crippen LogP contribution in [0.3, 0.4) is 0 Å². The number of rotatable bonds is 4. The molecule has 1 aliphatic rings. The van der Waals surface area contributed by atoms with Crippen LogP contribution in [0.15, 0.2) is 27.8 Å². The molecule has 5 nitrogen and oxygen atoms in total. The first-order valence-electron chi connectivity index (χ1n) is 6.24. The SMILES string of the molecule is O=S(=O)(NCC1(O)CCCCC1)c1cncc(Br)c1. The van der Waals surface area contributed by atoms with Crippen LogP contribution in [0, 0.1) is 0 Å². The number of nitrogens with one attached hydrogen (secondary N) is 1. The Hall–Kier alpha value is -0.500. The van der Waals surface area contributed by atoms with E-state index in [9.17, 15) is 13.5 Å². The minimum absolute atomic E-state index is 0.0574. The lowest BCUT2D eigenvalue weighted by Gasteiger charge is -2.31. The third-order valence-corrected chi connectivity index (χ3v) is 5.17. The van der Waals surface area contributed by atoms with Gasteiger partial charge in [0, 0.05) is 23.4 Å². The van der Waals surface area contributed by atoms with Crippen molar-refractivity contribution in [2.75, 3.05) is 6.54 Å². The van der Waals surface area contributed by atoms with Gasteiger partial charge in [0.2, 0.25) is 10.0 Å². The van der Waals surface area contributed by atoms with Crippen molar-refractivity contribution < 1.29 is 13.5 Å². The summed E-state index contributed by atoms with van der Waals surface area (Å²) in [5.74, 6) is 0. The number of nitrogens with zero attached hydrogens (tertiary/aromatic N) is 1. The highest BCUT2D eigenvalue weighted by atomic mass is 79.9. The van der Waals surface area contributed by atoms with E-state index in [0.29, 0.717) is 17.3 Å². The van der Waals surface area contributed by atoms with Gasteiger partial charge >= 0.3 is 0 Å². The van der Waals surface area contributed by atoms with Gasteiger partial charge in [-0.25, -0.2) is 13.1 Å². The molecule has 0 radical (unpaired) electrons. The molecule has 1 aliphatic carbocycles. The van der Waals surface area contributed by atoms with E-state index in [0.717, 1.165) is 19.3 Å². The van der Waals surface area contributed by atoms with Crippen molar-refractivity contribution in [3.63, 3.8) is 0 Å². The van der Waals surface area contributed by atoms with Crippen LogP contribution >= 0.6 is 15.9 Å². The number of aromatic nitrogens is 1. The Morgan fingerprint density at radius 2 is 2.00 bits per heavy atom. The number of aliphatic hydroxyl groups is 1. The predicted molar refractivity (Wildman–Crippen MR) is 75.2 cm³/mol. The molecule has 2 N–H and O–H groups in total. The van der Waals surface area contributed by atoms with E-state index in [-0.39, 0.29) is 11.4 Å². The van der Waals surface area contributed by atoms with Crippen molar-refractivity contribution in [3.8, 4) is 0 Å². The molecule has 19 heavy (non-hydrogen) atoms. The van der Waals surface area contributed by atoms with Crippen molar-refractivity contribution >= 4 is 26.0 Å². The fraction of sp³-hybridized carbons (Fsp3) is 0.583. The van der Waals surface area contributed by atoms with Gasteiger partial charge in [-0.3, -0.25) is 4.98 Å². The summed E-state index contributed by atoms with van der Waals surface area (Å²) < 4.78 is 27.3. The molecule has 0 atom stereocenters. The quantitative estimate of drug-likeness (QED) is 0.869. The second-order valence-corrected chi connectivity index (χ2v) is 7.63. The van der Waals surface area contributed by atoms with E-state index >= 15 is 0 Å². The van der Waals surface area contributed by atoms with Crippen LogP contribution in [-0.4, -0.2) is 30.7 Å². The fourth-order valence-electron chi connectivity index (χ4n) is 2.24. The second kappa shape index (κ2) is 5.87. The number of hydrogen-bond acceptors (Lipinski definition) is 4. The smallest absolute Gasteiger partial charge is 0.242 e. The van der Waals surface area contributed by atoms with E-state index in [2.05, 4.69) is 25.6 Å². The number of halogens is 1. The van der Waals surface area contributed by atoms with Crippen LogP contribution in [-0.2, 0) is 10.0 Å². The topological polar surface area (TPSA) is 79.3 Å². The Kier molecular flexibility index (Phi) is 4.60. The van der Waals surface area contributed by atoms with Crippen LogP contribution in [0.2, 0.25) is 0 Å². The Morgan fingerprint density at radius 1 is 1.32 bits per heavy atom. The lowest BCUT2D eigenvalue weighted by molar-refractivity contribution is 0.00945. The third kappa shape index (κ3) is 3.98. The molecule has 106 valence electrons. The maximum atomic E-state index is 12.1. The summed E-state index contributed by atoms with van der Waals surface area (Å²) in [4.78, 5) is 3.93. The van der Waals surface area contributed by atoms with Crippen LogP contribution in [0.4, 0.5) is 0 Å². The molecular formula is C12H17BrN2O3S. The highest BCUT2D eigenvalue weighted by Gasteiger charge is 2.30. The van der Waals surface area contributed by atoms with Crippen molar-refractivity contribution in [1.29, 1.82) is 0 Å². The minimum Gasteiger partial charge on any atom is -0.389 e. The molecule has 0 bridgehead atoms. The molecule has 1 aromatic heterocycles. The largest absolute Gasteiger partial charge is 0.389 e. The first-order chi connectivity index (χ1) is 8.91. The van der Waals surface area contributed by atoms with Crippen LogP contribution < -0.4 is 4.72 Å². The fourth-order valence-corrected chi connectivity index (χ4v) is 3.86. The maximum absolute atomic E-state index is 12.1. The average Bonchev–Trinajstić information content (AvgIpc) is 2.38. The van der Waals surface area contributed by atoms with E-state index < -0.39 is 15.6 Å². The Labute approximate surface area is 121 Å². The monoisotopic (exact) mass is 348 g/mol. The maximum Gasteiger partial charge on any atom is 0.242 e. The van der Waals surface area contributed by atoms with Crippen LogP contribution in [0.25, 0.3) is 0 Å². The summed E-state index contributed by atoms with van der Waals surface area (Å²) in [7, 11) is -3.62. The summed E-state index contributed by atoms with van der Waals surface area (Å²) in [6, 6.07) is 1.49. The van der Waals surface area contributed by atoms with Gasteiger partial charge in [0.15, 0.2) is 0 Å². The Balaban J connectivity index is 2.05. The normalized spacial score (nSPS) is 19.3. The molecule has 0 aliphatic heterocycles. The Bertz CT molecular complexity index is 542. The van der Waals surface area contributed by atoms with Crippen molar-refractivity contribution in [3.05, 3.63) is 22.9 Å². The van der Waals surface area contributed by atoms with Crippen LogP contribution in [0.1, 0.15) is 32.1 Å². The van der Waals surface area contributed by atoms with Crippen molar-refractivity contribution in [2.24, 2.45) is 0 Å². The Morgan fingerprint density at radius 3 is 2.63 bits per heavy atom. The van der Waals surface area contributed by atoms with Crippen molar-refractivity contribution in [2.45, 2.75) is 42.6 Å². The molecule has 0 aromatic carbocycles. The first-order valence-corrected chi connectivity index (χ1v) is 8.52. The lowest BCUT2D eigenvalue weighted by atomic mass is 9.85. The van der Waals surface area contributed by atoms with Crippen LogP contribution in [0.5, 0.6) is 0 Å². The van der Waals surface area contributed by atoms with Gasteiger partial charge in [-0.2, -0.15) is 0 Å². The minimum atomic E-state index is -3.62. The standard InChI is InChI=1S/C12H17BrN2O3S/c13-10-6-11(8-14-7-10)19(17,18)15-9-12(16)4-2-1-3-5-12/h6-8,15-16H,1-5,9H2. The summed E-state index contributed by atoms with van der Waals surface area (Å²) >= 11 is 3.19. The highest BCUT2D eigenvalue weighted by Crippen LogP contribution is 2.27. The number of sulfonamides is 1. The zero-order valence-electron chi connectivity index (χ0n) is 10.5. The molecule has 0 spiro atoms. The van der Waals surface area contributed by atoms with E-state index in [1.54, 1.807) is 0 Å². The summed E-state index contributed by atoms with van der Waals surface area (Å²) in [5.41, 5.74) is -0.912. The molecule has 7 heteroatoms. The molecule has 1 fully saturated rings. The summed E-state index contributed by atoms with van der Waals surface area (Å²) in [6.07, 6.45) is 7.09. The predicted octanol–water partition coefficient (Wildman–Crippen LogP) is 1.82. The second-order valence-electron chi connectivity index (χ2n) is 4.95. The zero-order valence-corrected chi connectivity index (χ0v) is 12.9. The number of hydrogen-bond donors (Lipinski definition) is 2. The van der Waals surface area contributed by atoms with Gasteiger partial charge in [0.05, 0.1) is 5.60 Å². The van der Waals surface area contributed by atoms with Crippen molar-refractivity contribution in [1.82, 2.24) is 9.71 Å². The van der Waals surface area contributed by atoms with E-state index in [4.69, 9.17) is 0 Å². The first kappa shape index (κ1) is 14.9. The zero-order chi connectivity index (χ0) is 13.9. The van der Waals surface area contributed by atoms with Gasteiger partial charge in [-0.05, 0) is 34.8 Å². The molecule has 1 heterocycles. The molecular weight excluding hydrogens is 332 g/mol. The molecule has 0 amide bonds. The van der Waals surface area contributed by atoms with E-state index in [1.807, 2.05) is 0 Å². The summed E-state index contributed by atoms with van der Waals surface area (Å²) in [5, 5.41) is 10.3. The van der Waals surface area contributed by atoms with Gasteiger partial charge in [-0.15, -0.1) is 0 Å². The number of pyridine rings is 1. The highest BCUT2D eigenvalue weighted by molar-refractivity contribution is 9.10. The molecule has 2 rings (SSSR count). The summed E-state index contributed by atoms with van der Waals surface area (Å²) in [6.45, 7) is 0.0574. The van der Waals surface area contributed by atoms with Gasteiger partial charge in [0.1, 0.15) is 4.90 Å². The van der Waals surface area contributed by atoms with Gasteiger partial charge < -0.3 is 5.11 Å². The van der Waals surface area contributed by atoms with E-state index in [1.165, 1.54) is 18.5 Å². The molecule has 0 unspecified atom stereocenters. The molecule has 1 aromatic rings. The molecule has 1 saturated carbocycles. The third-order valence-electron chi connectivity index (χ3n) is 3.37. The lowest BCUT2D eigenvalue weighted by Crippen LogP contribution is -2.44. The average molecular weight is 349 g/mol. The molecule has 0 saturated heterocycles.